The topological polar surface area (TPSA) is 45.6 Å². The predicted octanol–water partition coefficient (Wildman–Crippen LogP) is 2.62. The lowest BCUT2D eigenvalue weighted by molar-refractivity contribution is 0.0498. The van der Waals surface area contributed by atoms with Crippen LogP contribution in [-0.2, 0) is 11.3 Å². The fourth-order valence-electron chi connectivity index (χ4n) is 2.56. The predicted molar refractivity (Wildman–Crippen MR) is 78.9 cm³/mol. The van der Waals surface area contributed by atoms with E-state index in [-0.39, 0.29) is 12.7 Å². The highest BCUT2D eigenvalue weighted by molar-refractivity contribution is 7.15. The van der Waals surface area contributed by atoms with Crippen LogP contribution in [-0.4, -0.2) is 36.4 Å². The standard InChI is InChI=1S/C14H24N2O2S/c1-9(2)13-12(8-17)19-14(15-13)16-6-5-10(3)11(7-16)18-4/h9-11,17H,5-8H2,1-4H3. The Morgan fingerprint density at radius 2 is 2.26 bits per heavy atom. The molecule has 0 aromatic carbocycles. The summed E-state index contributed by atoms with van der Waals surface area (Å²) in [5.74, 6) is 0.956. The molecule has 0 aliphatic carbocycles. The Morgan fingerprint density at radius 1 is 1.53 bits per heavy atom. The molecule has 1 N–H and O–H groups in total. The minimum Gasteiger partial charge on any atom is -0.391 e. The van der Waals surface area contributed by atoms with Crippen molar-refractivity contribution in [3.63, 3.8) is 0 Å². The molecule has 2 unspecified atom stereocenters. The van der Waals surface area contributed by atoms with Crippen molar-refractivity contribution < 1.29 is 9.84 Å². The van der Waals surface area contributed by atoms with Gasteiger partial charge in [-0.1, -0.05) is 32.1 Å². The molecular weight excluding hydrogens is 260 g/mol. The largest absolute Gasteiger partial charge is 0.391 e. The SMILES string of the molecule is COC1CN(c2nc(C(C)C)c(CO)s2)CCC1C. The van der Waals surface area contributed by atoms with E-state index in [9.17, 15) is 5.11 Å². The molecule has 1 fully saturated rings. The first-order chi connectivity index (χ1) is 9.06. The second-order valence-corrected chi connectivity index (χ2v) is 6.67. The van der Waals surface area contributed by atoms with Crippen molar-refractivity contribution in [3.05, 3.63) is 10.6 Å². The summed E-state index contributed by atoms with van der Waals surface area (Å²) in [6.07, 6.45) is 1.40. The first-order valence-electron chi connectivity index (χ1n) is 6.95. The summed E-state index contributed by atoms with van der Waals surface area (Å²) in [4.78, 5) is 8.02. The third kappa shape index (κ3) is 3.09. The Kier molecular flexibility index (Phi) is 4.81. The molecule has 1 saturated heterocycles. The van der Waals surface area contributed by atoms with E-state index in [1.54, 1.807) is 18.4 Å². The summed E-state index contributed by atoms with van der Waals surface area (Å²) < 4.78 is 5.55. The van der Waals surface area contributed by atoms with Crippen molar-refractivity contribution in [2.24, 2.45) is 5.92 Å². The van der Waals surface area contributed by atoms with E-state index in [1.165, 1.54) is 0 Å². The first-order valence-corrected chi connectivity index (χ1v) is 7.76. The Bertz CT molecular complexity index is 420. The number of methoxy groups -OCH3 is 1. The van der Waals surface area contributed by atoms with Crippen LogP contribution in [0, 0.1) is 5.92 Å². The number of thiazole rings is 1. The van der Waals surface area contributed by atoms with Crippen LogP contribution in [0.25, 0.3) is 0 Å². The maximum atomic E-state index is 9.45. The molecule has 2 heterocycles. The van der Waals surface area contributed by atoms with Crippen LogP contribution in [0.15, 0.2) is 0 Å². The van der Waals surface area contributed by atoms with Crippen molar-refractivity contribution in [1.29, 1.82) is 0 Å². The minimum atomic E-state index is 0.0864. The van der Waals surface area contributed by atoms with Gasteiger partial charge >= 0.3 is 0 Å². The van der Waals surface area contributed by atoms with Gasteiger partial charge in [-0.3, -0.25) is 0 Å². The molecule has 1 aromatic heterocycles. The molecule has 1 aliphatic rings. The summed E-state index contributed by atoms with van der Waals surface area (Å²) in [5.41, 5.74) is 1.04. The molecular formula is C14H24N2O2S. The van der Waals surface area contributed by atoms with E-state index in [2.05, 4.69) is 25.7 Å². The molecule has 1 aromatic rings. The lowest BCUT2D eigenvalue weighted by Crippen LogP contribution is -2.43. The molecule has 5 heteroatoms. The second kappa shape index (κ2) is 6.20. The van der Waals surface area contributed by atoms with Gasteiger partial charge in [-0.2, -0.15) is 0 Å². The number of aliphatic hydroxyl groups is 1. The fraction of sp³-hybridized carbons (Fsp3) is 0.786. The number of hydrogen-bond acceptors (Lipinski definition) is 5. The fourth-order valence-corrected chi connectivity index (χ4v) is 3.67. The summed E-state index contributed by atoms with van der Waals surface area (Å²) in [6.45, 7) is 8.49. The van der Waals surface area contributed by atoms with Crippen molar-refractivity contribution in [2.75, 3.05) is 25.1 Å². The highest BCUT2D eigenvalue weighted by Gasteiger charge is 2.28. The van der Waals surface area contributed by atoms with Crippen LogP contribution < -0.4 is 4.90 Å². The van der Waals surface area contributed by atoms with Gasteiger partial charge in [0.1, 0.15) is 0 Å². The summed E-state index contributed by atoms with van der Waals surface area (Å²) in [5, 5.41) is 10.5. The van der Waals surface area contributed by atoms with Gasteiger partial charge in [0.15, 0.2) is 5.13 Å². The third-order valence-corrected chi connectivity index (χ3v) is 4.99. The summed E-state index contributed by atoms with van der Waals surface area (Å²) in [6, 6.07) is 0. The normalized spacial score (nSPS) is 24.2. The molecule has 1 aliphatic heterocycles. The third-order valence-electron chi connectivity index (χ3n) is 3.87. The highest BCUT2D eigenvalue weighted by atomic mass is 32.1. The van der Waals surface area contributed by atoms with Gasteiger partial charge in [0.05, 0.1) is 23.3 Å². The number of ether oxygens (including phenoxy) is 1. The van der Waals surface area contributed by atoms with Crippen LogP contribution in [0.3, 0.4) is 0 Å². The summed E-state index contributed by atoms with van der Waals surface area (Å²) >= 11 is 1.62. The van der Waals surface area contributed by atoms with Crippen molar-refractivity contribution in [2.45, 2.75) is 45.8 Å². The maximum absolute atomic E-state index is 9.45. The van der Waals surface area contributed by atoms with Gasteiger partial charge in [0, 0.05) is 20.2 Å². The number of rotatable bonds is 4. The van der Waals surface area contributed by atoms with E-state index in [4.69, 9.17) is 9.72 Å². The number of aromatic nitrogens is 1. The lowest BCUT2D eigenvalue weighted by atomic mass is 9.96. The number of piperidine rings is 1. The van der Waals surface area contributed by atoms with E-state index in [0.29, 0.717) is 11.8 Å². The van der Waals surface area contributed by atoms with Crippen LogP contribution in [0.1, 0.15) is 43.7 Å². The summed E-state index contributed by atoms with van der Waals surface area (Å²) in [7, 11) is 1.78. The van der Waals surface area contributed by atoms with E-state index in [0.717, 1.165) is 35.2 Å². The van der Waals surface area contributed by atoms with Crippen molar-refractivity contribution in [3.8, 4) is 0 Å². The van der Waals surface area contributed by atoms with Crippen molar-refractivity contribution in [1.82, 2.24) is 4.98 Å². The number of aliphatic hydroxyl groups excluding tert-OH is 1. The average Bonchev–Trinajstić information content (AvgIpc) is 2.83. The first kappa shape index (κ1) is 14.8. The molecule has 0 amide bonds. The van der Waals surface area contributed by atoms with Crippen LogP contribution >= 0.6 is 11.3 Å². The van der Waals surface area contributed by atoms with E-state index < -0.39 is 0 Å². The Labute approximate surface area is 119 Å². The molecule has 4 nitrogen and oxygen atoms in total. The average molecular weight is 284 g/mol. The van der Waals surface area contributed by atoms with Gasteiger partial charge in [-0.25, -0.2) is 4.98 Å². The second-order valence-electron chi connectivity index (χ2n) is 5.60. The molecule has 0 saturated carbocycles. The van der Waals surface area contributed by atoms with E-state index >= 15 is 0 Å². The van der Waals surface area contributed by atoms with Gasteiger partial charge in [0.2, 0.25) is 0 Å². The maximum Gasteiger partial charge on any atom is 0.185 e. The molecule has 19 heavy (non-hydrogen) atoms. The van der Waals surface area contributed by atoms with Crippen molar-refractivity contribution >= 4 is 16.5 Å². The zero-order chi connectivity index (χ0) is 14.0. The molecule has 108 valence electrons. The van der Waals surface area contributed by atoms with Gasteiger partial charge in [-0.15, -0.1) is 0 Å². The Morgan fingerprint density at radius 3 is 2.79 bits per heavy atom. The number of nitrogens with zero attached hydrogens (tertiary/aromatic N) is 2. The molecule has 0 radical (unpaired) electrons. The van der Waals surface area contributed by atoms with Gasteiger partial charge in [0.25, 0.3) is 0 Å². The Hall–Kier alpha value is -0.650. The van der Waals surface area contributed by atoms with Gasteiger partial charge < -0.3 is 14.7 Å². The zero-order valence-electron chi connectivity index (χ0n) is 12.2. The highest BCUT2D eigenvalue weighted by Crippen LogP contribution is 2.33. The van der Waals surface area contributed by atoms with Crippen LogP contribution in [0.2, 0.25) is 0 Å². The van der Waals surface area contributed by atoms with Crippen LogP contribution in [0.5, 0.6) is 0 Å². The van der Waals surface area contributed by atoms with E-state index in [1.807, 2.05) is 0 Å². The smallest absolute Gasteiger partial charge is 0.185 e. The molecule has 0 spiro atoms. The minimum absolute atomic E-state index is 0.0864. The quantitative estimate of drug-likeness (QED) is 0.923. The molecule has 2 rings (SSSR count). The number of hydrogen-bond donors (Lipinski definition) is 1. The molecule has 0 bridgehead atoms. The molecule has 2 atom stereocenters. The zero-order valence-corrected chi connectivity index (χ0v) is 13.0. The van der Waals surface area contributed by atoms with Gasteiger partial charge in [-0.05, 0) is 18.3 Å². The lowest BCUT2D eigenvalue weighted by Gasteiger charge is -2.36. The number of anilines is 1. The van der Waals surface area contributed by atoms with Crippen LogP contribution in [0.4, 0.5) is 5.13 Å². The Balaban J connectivity index is 2.18. The monoisotopic (exact) mass is 284 g/mol.